The molecule has 1 aliphatic rings. The van der Waals surface area contributed by atoms with Gasteiger partial charge in [0.25, 0.3) is 5.91 Å². The van der Waals surface area contributed by atoms with Crippen LogP contribution in [0.15, 0.2) is 39.4 Å². The standard InChI is InChI=1S/C13H9BrN2OS/c1-7-15-9(13(17)16-7)6-11-12(14)8-4-2-3-5-10(8)18-11/h2-6H,1H3,(H,15,16,17). The zero-order valence-electron chi connectivity index (χ0n) is 9.53. The molecule has 0 spiro atoms. The number of benzene rings is 1. The molecule has 2 aromatic rings. The van der Waals surface area contributed by atoms with Crippen molar-refractivity contribution < 1.29 is 4.79 Å². The molecule has 1 aromatic carbocycles. The third-order valence-corrected chi connectivity index (χ3v) is 4.88. The Morgan fingerprint density at radius 2 is 2.17 bits per heavy atom. The van der Waals surface area contributed by atoms with Crippen molar-refractivity contribution in [2.45, 2.75) is 6.92 Å². The van der Waals surface area contributed by atoms with Crippen molar-refractivity contribution in [3.8, 4) is 0 Å². The number of carbonyl (C=O) groups excluding carboxylic acids is 1. The predicted octanol–water partition coefficient (Wildman–Crippen LogP) is 3.55. The molecule has 0 atom stereocenters. The van der Waals surface area contributed by atoms with E-state index in [2.05, 4.69) is 38.4 Å². The molecular weight excluding hydrogens is 312 g/mol. The highest BCUT2D eigenvalue weighted by Crippen LogP contribution is 2.37. The second-order valence-corrected chi connectivity index (χ2v) is 5.83. The van der Waals surface area contributed by atoms with E-state index in [4.69, 9.17) is 0 Å². The number of nitrogens with zero attached hydrogens (tertiary/aromatic N) is 1. The normalized spacial score (nSPS) is 17.3. The highest BCUT2D eigenvalue weighted by Gasteiger charge is 2.18. The Morgan fingerprint density at radius 3 is 2.83 bits per heavy atom. The molecule has 2 heterocycles. The summed E-state index contributed by atoms with van der Waals surface area (Å²) in [7, 11) is 0. The lowest BCUT2D eigenvalue weighted by Crippen LogP contribution is -2.21. The number of hydrogen-bond donors (Lipinski definition) is 1. The van der Waals surface area contributed by atoms with Crippen LogP contribution in [0.25, 0.3) is 16.2 Å². The number of nitrogens with one attached hydrogen (secondary N) is 1. The number of rotatable bonds is 1. The third-order valence-electron chi connectivity index (χ3n) is 2.64. The van der Waals surface area contributed by atoms with Gasteiger partial charge < -0.3 is 5.32 Å². The van der Waals surface area contributed by atoms with Crippen molar-refractivity contribution in [2.75, 3.05) is 0 Å². The number of amidine groups is 1. The topological polar surface area (TPSA) is 41.5 Å². The molecule has 0 saturated heterocycles. The minimum absolute atomic E-state index is 0.142. The van der Waals surface area contributed by atoms with Crippen molar-refractivity contribution in [1.29, 1.82) is 0 Å². The number of fused-ring (bicyclic) bond motifs is 1. The first-order valence-electron chi connectivity index (χ1n) is 5.40. The lowest BCUT2D eigenvalue weighted by Gasteiger charge is -1.91. The summed E-state index contributed by atoms with van der Waals surface area (Å²) < 4.78 is 2.21. The Hall–Kier alpha value is -1.46. The van der Waals surface area contributed by atoms with E-state index in [-0.39, 0.29) is 5.91 Å². The van der Waals surface area contributed by atoms with E-state index >= 15 is 0 Å². The number of carbonyl (C=O) groups is 1. The van der Waals surface area contributed by atoms with Gasteiger partial charge in [-0.1, -0.05) is 18.2 Å². The Bertz CT molecular complexity index is 715. The maximum atomic E-state index is 11.6. The van der Waals surface area contributed by atoms with Crippen molar-refractivity contribution in [3.05, 3.63) is 39.3 Å². The van der Waals surface area contributed by atoms with Gasteiger partial charge >= 0.3 is 0 Å². The van der Waals surface area contributed by atoms with Crippen LogP contribution < -0.4 is 5.32 Å². The number of halogens is 1. The first-order valence-corrected chi connectivity index (χ1v) is 7.01. The fraction of sp³-hybridized carbons (Fsp3) is 0.0769. The van der Waals surface area contributed by atoms with Crippen LogP contribution in [0, 0.1) is 0 Å². The van der Waals surface area contributed by atoms with Crippen molar-refractivity contribution in [1.82, 2.24) is 5.32 Å². The van der Waals surface area contributed by atoms with Gasteiger partial charge in [0.1, 0.15) is 11.5 Å². The Balaban J connectivity index is 2.13. The minimum Gasteiger partial charge on any atom is -0.309 e. The summed E-state index contributed by atoms with van der Waals surface area (Å²) in [5.41, 5.74) is 0.458. The molecule has 90 valence electrons. The van der Waals surface area contributed by atoms with E-state index < -0.39 is 0 Å². The molecule has 1 amide bonds. The van der Waals surface area contributed by atoms with E-state index in [1.165, 1.54) is 4.70 Å². The molecule has 18 heavy (non-hydrogen) atoms. The van der Waals surface area contributed by atoms with Crippen molar-refractivity contribution in [3.63, 3.8) is 0 Å². The molecule has 0 saturated carbocycles. The first-order chi connectivity index (χ1) is 8.65. The quantitative estimate of drug-likeness (QED) is 0.802. The highest BCUT2D eigenvalue weighted by molar-refractivity contribution is 9.10. The Kier molecular flexibility index (Phi) is 2.80. The van der Waals surface area contributed by atoms with E-state index in [0.717, 1.165) is 14.7 Å². The molecule has 3 nitrogen and oxygen atoms in total. The van der Waals surface area contributed by atoms with Gasteiger partial charge in [-0.25, -0.2) is 4.99 Å². The average molecular weight is 321 g/mol. The van der Waals surface area contributed by atoms with Gasteiger partial charge in [-0.2, -0.15) is 0 Å². The second-order valence-electron chi connectivity index (χ2n) is 3.96. The molecular formula is C13H9BrN2OS. The van der Waals surface area contributed by atoms with Gasteiger partial charge in [-0.15, -0.1) is 11.3 Å². The summed E-state index contributed by atoms with van der Waals surface area (Å²) in [6, 6.07) is 8.13. The van der Waals surface area contributed by atoms with Gasteiger partial charge in [-0.3, -0.25) is 4.79 Å². The van der Waals surface area contributed by atoms with Crippen LogP contribution in [-0.2, 0) is 4.79 Å². The zero-order valence-corrected chi connectivity index (χ0v) is 11.9. The van der Waals surface area contributed by atoms with E-state index in [0.29, 0.717) is 11.5 Å². The second kappa shape index (κ2) is 4.33. The van der Waals surface area contributed by atoms with Gasteiger partial charge in [-0.05, 0) is 35.0 Å². The van der Waals surface area contributed by atoms with Crippen LogP contribution in [0.1, 0.15) is 11.8 Å². The predicted molar refractivity (Wildman–Crippen MR) is 78.8 cm³/mol. The monoisotopic (exact) mass is 320 g/mol. The van der Waals surface area contributed by atoms with E-state index in [9.17, 15) is 4.79 Å². The number of aliphatic imine (C=N–C) groups is 1. The molecule has 1 N–H and O–H groups in total. The largest absolute Gasteiger partial charge is 0.309 e. The first kappa shape index (κ1) is 11.6. The smallest absolute Gasteiger partial charge is 0.275 e. The number of thiophene rings is 1. The SMILES string of the molecule is CC1=NC(=Cc2sc3ccccc3c2Br)C(=O)N1. The van der Waals surface area contributed by atoms with Crippen LogP contribution in [0.5, 0.6) is 0 Å². The average Bonchev–Trinajstić information content (AvgIpc) is 2.82. The Morgan fingerprint density at radius 1 is 1.39 bits per heavy atom. The van der Waals surface area contributed by atoms with E-state index in [1.54, 1.807) is 18.3 Å². The molecule has 1 aliphatic heterocycles. The van der Waals surface area contributed by atoms with Crippen LogP contribution in [0.4, 0.5) is 0 Å². The van der Waals surface area contributed by atoms with Gasteiger partial charge in [0.15, 0.2) is 0 Å². The zero-order chi connectivity index (χ0) is 12.7. The van der Waals surface area contributed by atoms with Gasteiger partial charge in [0.05, 0.1) is 0 Å². The Labute approximate surface area is 116 Å². The molecule has 0 radical (unpaired) electrons. The number of amides is 1. The molecule has 0 aliphatic carbocycles. The lowest BCUT2D eigenvalue weighted by molar-refractivity contribution is -0.115. The summed E-state index contributed by atoms with van der Waals surface area (Å²) in [4.78, 5) is 16.8. The molecule has 0 bridgehead atoms. The van der Waals surface area contributed by atoms with Crippen LogP contribution in [0.3, 0.4) is 0 Å². The lowest BCUT2D eigenvalue weighted by atomic mass is 10.2. The summed E-state index contributed by atoms with van der Waals surface area (Å²) in [5, 5.41) is 3.83. The minimum atomic E-state index is -0.142. The van der Waals surface area contributed by atoms with Crippen LogP contribution in [0.2, 0.25) is 0 Å². The van der Waals surface area contributed by atoms with E-state index in [1.807, 2.05) is 18.2 Å². The fourth-order valence-electron chi connectivity index (χ4n) is 1.84. The summed E-state index contributed by atoms with van der Waals surface area (Å²) >= 11 is 5.22. The molecule has 3 rings (SSSR count). The van der Waals surface area contributed by atoms with Gasteiger partial charge in [0.2, 0.25) is 0 Å². The maximum Gasteiger partial charge on any atom is 0.275 e. The highest BCUT2D eigenvalue weighted by atomic mass is 79.9. The summed E-state index contributed by atoms with van der Waals surface area (Å²) in [5.74, 6) is 0.500. The maximum absolute atomic E-state index is 11.6. The summed E-state index contributed by atoms with van der Waals surface area (Å²) in [6.45, 7) is 1.78. The summed E-state index contributed by atoms with van der Waals surface area (Å²) in [6.07, 6.45) is 1.82. The van der Waals surface area contributed by atoms with Crippen LogP contribution >= 0.6 is 27.3 Å². The van der Waals surface area contributed by atoms with Crippen molar-refractivity contribution >= 4 is 55.2 Å². The molecule has 0 unspecified atom stereocenters. The van der Waals surface area contributed by atoms with Crippen LogP contribution in [-0.4, -0.2) is 11.7 Å². The van der Waals surface area contributed by atoms with Crippen molar-refractivity contribution in [2.24, 2.45) is 4.99 Å². The molecule has 5 heteroatoms. The number of hydrogen-bond acceptors (Lipinski definition) is 3. The van der Waals surface area contributed by atoms with Gasteiger partial charge in [0, 0.05) is 19.4 Å². The molecule has 0 fully saturated rings. The fourth-order valence-corrected chi connectivity index (χ4v) is 3.70. The molecule has 1 aromatic heterocycles. The third kappa shape index (κ3) is 1.89.